The summed E-state index contributed by atoms with van der Waals surface area (Å²) in [6.45, 7) is 5.39. The molecule has 0 radical (unpaired) electrons. The van der Waals surface area contributed by atoms with Gasteiger partial charge in [0, 0.05) is 23.4 Å². The number of nitrogens with zero attached hydrogens (tertiary/aromatic N) is 3. The van der Waals surface area contributed by atoms with Crippen molar-refractivity contribution >= 4 is 17.7 Å². The van der Waals surface area contributed by atoms with Crippen LogP contribution in [0.3, 0.4) is 0 Å². The maximum absolute atomic E-state index is 13.1. The van der Waals surface area contributed by atoms with Crippen LogP contribution in [-0.2, 0) is 17.6 Å². The van der Waals surface area contributed by atoms with Crippen molar-refractivity contribution in [1.29, 1.82) is 0 Å². The van der Waals surface area contributed by atoms with Crippen molar-refractivity contribution in [3.8, 4) is 5.69 Å². The molecule has 180 valence electrons. The largest absolute Gasteiger partial charge is 0.444 e. The van der Waals surface area contributed by atoms with E-state index in [1.54, 1.807) is 26.8 Å². The fourth-order valence-corrected chi connectivity index (χ4v) is 4.93. The van der Waals surface area contributed by atoms with Crippen LogP contribution in [-0.4, -0.2) is 38.7 Å². The van der Waals surface area contributed by atoms with Crippen LogP contribution in [0.25, 0.3) is 5.69 Å². The summed E-state index contributed by atoms with van der Waals surface area (Å²) < 4.78 is 46.8. The minimum atomic E-state index is -4.16. The molecule has 1 aromatic heterocycles. The Morgan fingerprint density at radius 2 is 1.82 bits per heavy atom. The lowest BCUT2D eigenvalue weighted by atomic mass is 9.81. The molecule has 2 heterocycles. The standard InChI is InChI=1S/C23H28ClF3N4O2/c1-22(2,3)33-21(32)28-17-11-14-10-16(24)8-9-18(14)31-19(12-17)29-30-20(31)13-4-6-15(7-5-13)23(25,26)27/h8-10,13,15,17H,4-7,11-12H2,1-3H3,(H,28,32)/t13-,15-,17?. The zero-order valence-electron chi connectivity index (χ0n) is 18.9. The molecule has 1 aliphatic carbocycles. The van der Waals surface area contributed by atoms with Gasteiger partial charge in [0.1, 0.15) is 17.2 Å². The van der Waals surface area contributed by atoms with Gasteiger partial charge in [0.25, 0.3) is 0 Å². The molecule has 1 unspecified atom stereocenters. The number of nitrogens with one attached hydrogen (secondary N) is 1. The Balaban J connectivity index is 1.63. The van der Waals surface area contributed by atoms with Crippen molar-refractivity contribution in [2.45, 2.75) is 83.0 Å². The van der Waals surface area contributed by atoms with Gasteiger partial charge in [0.15, 0.2) is 0 Å². The van der Waals surface area contributed by atoms with Crippen LogP contribution in [0, 0.1) is 5.92 Å². The number of benzene rings is 1. The molecule has 10 heteroatoms. The van der Waals surface area contributed by atoms with Crippen LogP contribution < -0.4 is 5.32 Å². The third-order valence-electron chi connectivity index (χ3n) is 6.21. The monoisotopic (exact) mass is 484 g/mol. The third kappa shape index (κ3) is 5.45. The van der Waals surface area contributed by atoms with E-state index in [-0.39, 0.29) is 24.8 Å². The summed E-state index contributed by atoms with van der Waals surface area (Å²) in [5.74, 6) is -0.0327. The van der Waals surface area contributed by atoms with E-state index in [0.717, 1.165) is 11.3 Å². The van der Waals surface area contributed by atoms with Crippen molar-refractivity contribution in [3.63, 3.8) is 0 Å². The third-order valence-corrected chi connectivity index (χ3v) is 6.44. The summed E-state index contributed by atoms with van der Waals surface area (Å²) in [5.41, 5.74) is 1.13. The van der Waals surface area contributed by atoms with E-state index in [9.17, 15) is 18.0 Å². The fraction of sp³-hybridized carbons (Fsp3) is 0.609. The van der Waals surface area contributed by atoms with E-state index < -0.39 is 23.8 Å². The molecule has 0 bridgehead atoms. The molecule has 1 amide bonds. The van der Waals surface area contributed by atoms with Crippen molar-refractivity contribution in [2.24, 2.45) is 5.92 Å². The van der Waals surface area contributed by atoms with Crippen molar-refractivity contribution in [2.75, 3.05) is 0 Å². The first-order valence-electron chi connectivity index (χ1n) is 11.2. The van der Waals surface area contributed by atoms with Crippen LogP contribution >= 0.6 is 11.6 Å². The molecule has 2 aromatic rings. The molecule has 1 atom stereocenters. The molecule has 4 rings (SSSR count). The average Bonchev–Trinajstić information content (AvgIpc) is 3.03. The number of rotatable bonds is 2. The first kappa shape index (κ1) is 23.9. The number of hydrogen-bond acceptors (Lipinski definition) is 4. The van der Waals surface area contributed by atoms with Gasteiger partial charge in [-0.15, -0.1) is 10.2 Å². The van der Waals surface area contributed by atoms with E-state index in [1.165, 1.54) is 0 Å². The lowest BCUT2D eigenvalue weighted by Crippen LogP contribution is -2.41. The van der Waals surface area contributed by atoms with Gasteiger partial charge in [-0.3, -0.25) is 4.57 Å². The normalized spacial score (nSPS) is 23.3. The Bertz CT molecular complexity index is 1020. The SMILES string of the molecule is CC(C)(C)OC(=O)NC1Cc2cc(Cl)ccc2-n2c(nnc2[C@H]2CC[C@H](C(F)(F)F)CC2)C1. The zero-order chi connectivity index (χ0) is 24.0. The maximum atomic E-state index is 13.1. The lowest BCUT2D eigenvalue weighted by Gasteiger charge is -2.29. The van der Waals surface area contributed by atoms with Gasteiger partial charge in [0.2, 0.25) is 0 Å². The van der Waals surface area contributed by atoms with E-state index in [4.69, 9.17) is 16.3 Å². The quantitative estimate of drug-likeness (QED) is 0.589. The number of halogens is 4. The molecule has 1 N–H and O–H groups in total. The Morgan fingerprint density at radius 3 is 2.45 bits per heavy atom. The summed E-state index contributed by atoms with van der Waals surface area (Å²) >= 11 is 6.26. The topological polar surface area (TPSA) is 69.0 Å². The van der Waals surface area contributed by atoms with E-state index in [0.29, 0.717) is 42.4 Å². The number of fused-ring (bicyclic) bond motifs is 3. The summed E-state index contributed by atoms with van der Waals surface area (Å²) in [6, 6.07) is 5.21. The summed E-state index contributed by atoms with van der Waals surface area (Å²) in [7, 11) is 0. The van der Waals surface area contributed by atoms with Gasteiger partial charge in [-0.05, 0) is 76.6 Å². The fourth-order valence-electron chi connectivity index (χ4n) is 4.74. The molecular formula is C23H28ClF3N4O2. The van der Waals surface area contributed by atoms with Gasteiger partial charge in [-0.25, -0.2) is 4.79 Å². The summed E-state index contributed by atoms with van der Waals surface area (Å²) in [6.07, 6.45) is -2.75. The second kappa shape index (κ2) is 8.81. The van der Waals surface area contributed by atoms with Gasteiger partial charge in [0.05, 0.1) is 11.6 Å². The second-order valence-electron chi connectivity index (χ2n) is 9.92. The molecular weight excluding hydrogens is 457 g/mol. The van der Waals surface area contributed by atoms with Crippen LogP contribution in [0.4, 0.5) is 18.0 Å². The Morgan fingerprint density at radius 1 is 1.12 bits per heavy atom. The molecule has 2 aliphatic rings. The minimum Gasteiger partial charge on any atom is -0.444 e. The first-order valence-corrected chi connectivity index (χ1v) is 11.6. The number of alkyl carbamates (subject to hydrolysis) is 1. The van der Waals surface area contributed by atoms with Crippen LogP contribution in [0.15, 0.2) is 18.2 Å². The van der Waals surface area contributed by atoms with Crippen molar-refractivity contribution in [3.05, 3.63) is 40.4 Å². The number of hydrogen-bond donors (Lipinski definition) is 1. The van der Waals surface area contributed by atoms with Crippen LogP contribution in [0.5, 0.6) is 0 Å². The number of carbonyl (C=O) groups is 1. The Hall–Kier alpha value is -2.29. The molecule has 0 spiro atoms. The number of amides is 1. The number of carbonyl (C=O) groups excluding carboxylic acids is 1. The van der Waals surface area contributed by atoms with Gasteiger partial charge in [-0.1, -0.05) is 11.6 Å². The molecule has 6 nitrogen and oxygen atoms in total. The Labute approximate surface area is 195 Å². The van der Waals surface area contributed by atoms with Crippen LogP contribution in [0.1, 0.15) is 69.6 Å². The second-order valence-corrected chi connectivity index (χ2v) is 10.4. The van der Waals surface area contributed by atoms with Crippen molar-refractivity contribution in [1.82, 2.24) is 20.1 Å². The van der Waals surface area contributed by atoms with Crippen molar-refractivity contribution < 1.29 is 22.7 Å². The van der Waals surface area contributed by atoms with E-state index >= 15 is 0 Å². The van der Waals surface area contributed by atoms with E-state index in [1.807, 2.05) is 16.7 Å². The zero-order valence-corrected chi connectivity index (χ0v) is 19.6. The minimum absolute atomic E-state index is 0.0899. The van der Waals surface area contributed by atoms with Gasteiger partial charge < -0.3 is 10.1 Å². The first-order chi connectivity index (χ1) is 15.4. The average molecular weight is 485 g/mol. The molecule has 1 saturated carbocycles. The smallest absolute Gasteiger partial charge is 0.407 e. The highest BCUT2D eigenvalue weighted by Gasteiger charge is 2.42. The lowest BCUT2D eigenvalue weighted by molar-refractivity contribution is -0.182. The molecule has 1 aromatic carbocycles. The number of aromatic nitrogens is 3. The van der Waals surface area contributed by atoms with E-state index in [2.05, 4.69) is 15.5 Å². The predicted molar refractivity (Wildman–Crippen MR) is 118 cm³/mol. The summed E-state index contributed by atoms with van der Waals surface area (Å²) in [5, 5.41) is 12.3. The van der Waals surface area contributed by atoms with Gasteiger partial charge >= 0.3 is 12.3 Å². The highest BCUT2D eigenvalue weighted by molar-refractivity contribution is 6.30. The molecule has 33 heavy (non-hydrogen) atoms. The molecule has 1 aliphatic heterocycles. The maximum Gasteiger partial charge on any atom is 0.407 e. The Kier molecular flexibility index (Phi) is 6.37. The highest BCUT2D eigenvalue weighted by Crippen LogP contribution is 2.43. The van der Waals surface area contributed by atoms with Gasteiger partial charge in [-0.2, -0.15) is 13.2 Å². The highest BCUT2D eigenvalue weighted by atomic mass is 35.5. The number of alkyl halides is 3. The molecule has 0 saturated heterocycles. The van der Waals surface area contributed by atoms with Crippen LogP contribution in [0.2, 0.25) is 5.02 Å². The summed E-state index contributed by atoms with van der Waals surface area (Å²) in [4.78, 5) is 12.4. The predicted octanol–water partition coefficient (Wildman–Crippen LogP) is 5.75. The number of ether oxygens (including phenoxy) is 1. The molecule has 1 fully saturated rings.